The van der Waals surface area contributed by atoms with Gasteiger partial charge >= 0.3 is 0 Å². The van der Waals surface area contributed by atoms with Crippen molar-refractivity contribution in [3.63, 3.8) is 0 Å². The van der Waals surface area contributed by atoms with Crippen LogP contribution in [0.25, 0.3) is 11.3 Å². The fourth-order valence-corrected chi connectivity index (χ4v) is 4.44. The van der Waals surface area contributed by atoms with Gasteiger partial charge in [-0.1, -0.05) is 18.2 Å². The van der Waals surface area contributed by atoms with Gasteiger partial charge in [-0.3, -0.25) is 9.78 Å². The smallest absolute Gasteiger partial charge is 0.252 e. The average molecular weight is 430 g/mol. The number of nitrogens with one attached hydrogen (secondary N) is 1. The summed E-state index contributed by atoms with van der Waals surface area (Å²) in [7, 11) is 0. The van der Waals surface area contributed by atoms with Crippen LogP contribution in [0.1, 0.15) is 44.0 Å². The molecule has 3 aromatic rings. The molecule has 2 saturated heterocycles. The van der Waals surface area contributed by atoms with Gasteiger partial charge in [-0.25, -0.2) is 9.97 Å². The van der Waals surface area contributed by atoms with Crippen molar-refractivity contribution in [2.45, 2.75) is 44.2 Å². The summed E-state index contributed by atoms with van der Waals surface area (Å²) < 4.78 is 5.78. The number of para-hydroxylation sites is 1. The Hall–Kier alpha value is -3.32. The van der Waals surface area contributed by atoms with Crippen molar-refractivity contribution in [3.8, 4) is 11.3 Å². The highest BCUT2D eigenvalue weighted by atomic mass is 16.5. The Morgan fingerprint density at radius 2 is 1.84 bits per heavy atom. The first-order valence-corrected chi connectivity index (χ1v) is 11.3. The number of benzene rings is 1. The standard InChI is InChI=1S/C25H27N5O2/c31-25(22-10-4-5-16-32-22)30-15-6-9-21(30)24-28-20(18-11-13-26-14-12-18)17-23(29-24)27-19-7-2-1-3-8-19/h1-3,7-8,11-14,17,21-22H,4-6,9-10,15-16H2,(H,27,28,29)/t21-,22+/m0/s1. The number of nitrogens with zero attached hydrogens (tertiary/aromatic N) is 4. The molecule has 1 amide bonds. The van der Waals surface area contributed by atoms with Crippen LogP contribution in [-0.4, -0.2) is 45.0 Å². The van der Waals surface area contributed by atoms with Crippen molar-refractivity contribution in [3.05, 3.63) is 66.7 Å². The van der Waals surface area contributed by atoms with Crippen LogP contribution in [0.2, 0.25) is 0 Å². The second-order valence-electron chi connectivity index (χ2n) is 8.27. The minimum atomic E-state index is -0.338. The number of carbonyl (C=O) groups is 1. The second-order valence-corrected chi connectivity index (χ2v) is 8.27. The van der Waals surface area contributed by atoms with Crippen LogP contribution >= 0.6 is 0 Å². The summed E-state index contributed by atoms with van der Waals surface area (Å²) in [6.07, 6.45) is 7.82. The summed E-state index contributed by atoms with van der Waals surface area (Å²) in [5.74, 6) is 1.45. The lowest BCUT2D eigenvalue weighted by molar-refractivity contribution is -0.147. The van der Waals surface area contributed by atoms with E-state index in [1.54, 1.807) is 12.4 Å². The fourth-order valence-electron chi connectivity index (χ4n) is 4.44. The van der Waals surface area contributed by atoms with Crippen LogP contribution in [0.15, 0.2) is 60.9 Å². The topological polar surface area (TPSA) is 80.2 Å². The summed E-state index contributed by atoms with van der Waals surface area (Å²) in [4.78, 5) is 29.0. The highest BCUT2D eigenvalue weighted by molar-refractivity contribution is 5.81. The molecule has 0 spiro atoms. The van der Waals surface area contributed by atoms with Gasteiger partial charge in [0.2, 0.25) is 0 Å². The Labute approximate surface area is 187 Å². The number of rotatable bonds is 5. The van der Waals surface area contributed by atoms with Gasteiger partial charge in [-0.2, -0.15) is 0 Å². The van der Waals surface area contributed by atoms with E-state index in [0.29, 0.717) is 24.8 Å². The Kier molecular flexibility index (Phi) is 6.07. The van der Waals surface area contributed by atoms with Crippen molar-refractivity contribution in [2.24, 2.45) is 0 Å². The lowest BCUT2D eigenvalue weighted by Crippen LogP contribution is -2.41. The zero-order valence-electron chi connectivity index (χ0n) is 18.0. The molecular weight excluding hydrogens is 402 g/mol. The van der Waals surface area contributed by atoms with E-state index in [1.807, 2.05) is 53.4 Å². The van der Waals surface area contributed by atoms with E-state index in [1.165, 1.54) is 0 Å². The zero-order valence-corrected chi connectivity index (χ0v) is 18.0. The maximum absolute atomic E-state index is 13.2. The molecule has 2 aliphatic rings. The molecule has 0 aliphatic carbocycles. The van der Waals surface area contributed by atoms with E-state index >= 15 is 0 Å². The van der Waals surface area contributed by atoms with Crippen molar-refractivity contribution in [1.82, 2.24) is 19.9 Å². The van der Waals surface area contributed by atoms with Gasteiger partial charge in [0.05, 0.1) is 11.7 Å². The number of aromatic nitrogens is 3. The van der Waals surface area contributed by atoms with Gasteiger partial charge in [0.25, 0.3) is 5.91 Å². The number of amides is 1. The molecule has 7 heteroatoms. The molecule has 2 fully saturated rings. The lowest BCUT2D eigenvalue weighted by Gasteiger charge is -2.30. The number of likely N-dealkylation sites (tertiary alicyclic amines) is 1. The first-order chi connectivity index (χ1) is 15.8. The number of anilines is 2. The molecule has 4 heterocycles. The highest BCUT2D eigenvalue weighted by Crippen LogP contribution is 2.34. The van der Waals surface area contributed by atoms with Gasteiger partial charge in [-0.15, -0.1) is 0 Å². The first-order valence-electron chi connectivity index (χ1n) is 11.3. The Morgan fingerprint density at radius 3 is 2.62 bits per heavy atom. The van der Waals surface area contributed by atoms with Gasteiger partial charge in [0.1, 0.15) is 11.9 Å². The Morgan fingerprint density at radius 1 is 1.00 bits per heavy atom. The SMILES string of the molecule is O=C([C@H]1CCCCO1)N1CCC[C@H]1c1nc(Nc2ccccc2)cc(-c2ccncc2)n1. The molecule has 0 unspecified atom stereocenters. The summed E-state index contributed by atoms with van der Waals surface area (Å²) in [5, 5.41) is 3.39. The molecule has 2 aliphatic heterocycles. The maximum Gasteiger partial charge on any atom is 0.252 e. The average Bonchev–Trinajstić information content (AvgIpc) is 3.35. The lowest BCUT2D eigenvalue weighted by atomic mass is 10.1. The molecule has 2 aromatic heterocycles. The van der Waals surface area contributed by atoms with E-state index < -0.39 is 0 Å². The normalized spacial score (nSPS) is 20.8. The van der Waals surface area contributed by atoms with Crippen LogP contribution in [0, 0.1) is 0 Å². The van der Waals surface area contributed by atoms with Crippen LogP contribution < -0.4 is 5.32 Å². The van der Waals surface area contributed by atoms with Crippen molar-refractivity contribution in [2.75, 3.05) is 18.5 Å². The number of carbonyl (C=O) groups excluding carboxylic acids is 1. The van der Waals surface area contributed by atoms with E-state index in [-0.39, 0.29) is 18.1 Å². The third-order valence-electron chi connectivity index (χ3n) is 6.05. The first kappa shape index (κ1) is 20.6. The molecule has 2 atom stereocenters. The highest BCUT2D eigenvalue weighted by Gasteiger charge is 2.36. The van der Waals surface area contributed by atoms with Gasteiger partial charge < -0.3 is 15.0 Å². The van der Waals surface area contributed by atoms with Crippen molar-refractivity contribution in [1.29, 1.82) is 0 Å². The van der Waals surface area contributed by atoms with E-state index in [2.05, 4.69) is 10.3 Å². The summed E-state index contributed by atoms with van der Waals surface area (Å²) in [6.45, 7) is 1.38. The molecule has 164 valence electrons. The predicted molar refractivity (Wildman–Crippen MR) is 122 cm³/mol. The van der Waals surface area contributed by atoms with Gasteiger partial charge in [-0.05, 0) is 56.4 Å². The minimum Gasteiger partial charge on any atom is -0.368 e. The molecule has 0 bridgehead atoms. The van der Waals surface area contributed by atoms with Crippen LogP contribution in [0.5, 0.6) is 0 Å². The summed E-state index contributed by atoms with van der Waals surface area (Å²) >= 11 is 0. The third kappa shape index (κ3) is 4.48. The molecule has 5 rings (SSSR count). The molecule has 1 N–H and O–H groups in total. The molecular formula is C25H27N5O2. The molecule has 0 saturated carbocycles. The fraction of sp³-hybridized carbons (Fsp3) is 0.360. The minimum absolute atomic E-state index is 0.0719. The van der Waals surface area contributed by atoms with E-state index in [9.17, 15) is 4.79 Å². The number of hydrogen-bond donors (Lipinski definition) is 1. The van der Waals surface area contributed by atoms with Gasteiger partial charge in [0, 0.05) is 42.9 Å². The van der Waals surface area contributed by atoms with Crippen molar-refractivity contribution < 1.29 is 9.53 Å². The van der Waals surface area contributed by atoms with Crippen LogP contribution in [-0.2, 0) is 9.53 Å². The quantitative estimate of drug-likeness (QED) is 0.643. The Bertz CT molecular complexity index is 1050. The van der Waals surface area contributed by atoms with Crippen LogP contribution in [0.4, 0.5) is 11.5 Å². The molecule has 7 nitrogen and oxygen atoms in total. The van der Waals surface area contributed by atoms with Crippen LogP contribution in [0.3, 0.4) is 0 Å². The largest absolute Gasteiger partial charge is 0.368 e. The molecule has 32 heavy (non-hydrogen) atoms. The monoisotopic (exact) mass is 429 g/mol. The number of ether oxygens (including phenoxy) is 1. The van der Waals surface area contributed by atoms with E-state index in [0.717, 1.165) is 49.0 Å². The molecule has 1 aromatic carbocycles. The summed E-state index contributed by atoms with van der Waals surface area (Å²) in [6, 6.07) is 15.6. The van der Waals surface area contributed by atoms with Gasteiger partial charge in [0.15, 0.2) is 5.82 Å². The number of pyridine rings is 1. The number of hydrogen-bond acceptors (Lipinski definition) is 6. The van der Waals surface area contributed by atoms with Crippen molar-refractivity contribution >= 4 is 17.4 Å². The summed E-state index contributed by atoms with van der Waals surface area (Å²) in [5.41, 5.74) is 2.73. The predicted octanol–water partition coefficient (Wildman–Crippen LogP) is 4.51. The second kappa shape index (κ2) is 9.44. The Balaban J connectivity index is 1.48. The van der Waals surface area contributed by atoms with E-state index in [4.69, 9.17) is 14.7 Å². The molecule has 0 radical (unpaired) electrons. The maximum atomic E-state index is 13.2. The third-order valence-corrected chi connectivity index (χ3v) is 6.05. The zero-order chi connectivity index (χ0) is 21.8.